The first-order valence-corrected chi connectivity index (χ1v) is 11.2. The number of aryl methyl sites for hydroxylation is 3. The fraction of sp³-hybridized carbons (Fsp3) is 0.636. The minimum Gasteiger partial charge on any atom is -0.339 e. The number of carbonyl (C=O) groups excluding carboxylic acids is 2. The van der Waals surface area contributed by atoms with Crippen LogP contribution in [0.4, 0.5) is 4.79 Å². The Morgan fingerprint density at radius 1 is 0.935 bits per heavy atom. The first-order valence-electron chi connectivity index (χ1n) is 11.2. The van der Waals surface area contributed by atoms with Crippen LogP contribution in [0.1, 0.15) is 42.5 Å². The van der Waals surface area contributed by atoms with Gasteiger partial charge in [0.25, 0.3) is 5.56 Å². The van der Waals surface area contributed by atoms with Crippen molar-refractivity contribution in [3.8, 4) is 0 Å². The minimum atomic E-state index is -0.155. The molecular weight excluding hydrogens is 396 g/mol. The zero-order valence-corrected chi connectivity index (χ0v) is 18.7. The summed E-state index contributed by atoms with van der Waals surface area (Å²) in [4.78, 5) is 46.6. The van der Waals surface area contributed by atoms with Crippen molar-refractivity contribution in [1.29, 1.82) is 0 Å². The maximum absolute atomic E-state index is 12.8. The van der Waals surface area contributed by atoms with Crippen molar-refractivity contribution in [3.63, 3.8) is 0 Å². The van der Waals surface area contributed by atoms with Gasteiger partial charge in [-0.05, 0) is 45.1 Å². The maximum Gasteiger partial charge on any atom is 0.320 e. The van der Waals surface area contributed by atoms with Crippen LogP contribution < -0.4 is 5.56 Å². The van der Waals surface area contributed by atoms with E-state index < -0.39 is 0 Å². The number of amides is 3. The average Bonchev–Trinajstić information content (AvgIpc) is 3.06. The lowest BCUT2D eigenvalue weighted by molar-refractivity contribution is -0.132. The zero-order valence-electron chi connectivity index (χ0n) is 18.7. The van der Waals surface area contributed by atoms with Gasteiger partial charge in [0.2, 0.25) is 5.91 Å². The molecule has 4 heterocycles. The van der Waals surface area contributed by atoms with Crippen LogP contribution in [0.2, 0.25) is 0 Å². The number of H-pyrrole nitrogens is 1. The van der Waals surface area contributed by atoms with E-state index in [1.807, 2.05) is 35.6 Å². The van der Waals surface area contributed by atoms with Crippen LogP contribution in [-0.4, -0.2) is 80.7 Å². The Labute approximate surface area is 182 Å². The number of urea groups is 1. The van der Waals surface area contributed by atoms with E-state index in [1.54, 1.807) is 4.68 Å². The molecule has 0 bridgehead atoms. The van der Waals surface area contributed by atoms with E-state index in [0.717, 1.165) is 42.6 Å². The first kappa shape index (κ1) is 21.4. The number of likely N-dealkylation sites (tertiary alicyclic amines) is 1. The summed E-state index contributed by atoms with van der Waals surface area (Å²) in [6, 6.07) is 0.106. The molecule has 0 radical (unpaired) electrons. The second-order valence-corrected chi connectivity index (χ2v) is 8.69. The van der Waals surface area contributed by atoms with Crippen molar-refractivity contribution in [2.24, 2.45) is 7.05 Å². The van der Waals surface area contributed by atoms with Gasteiger partial charge in [-0.25, -0.2) is 4.79 Å². The highest BCUT2D eigenvalue weighted by Gasteiger charge is 2.28. The third-order valence-electron chi connectivity index (χ3n) is 6.67. The van der Waals surface area contributed by atoms with Gasteiger partial charge in [-0.15, -0.1) is 0 Å². The van der Waals surface area contributed by atoms with Gasteiger partial charge >= 0.3 is 6.03 Å². The normalized spacial score (nSPS) is 17.5. The summed E-state index contributed by atoms with van der Waals surface area (Å²) >= 11 is 0. The summed E-state index contributed by atoms with van der Waals surface area (Å²) in [7, 11) is 1.81. The topological polar surface area (TPSA) is 94.5 Å². The van der Waals surface area contributed by atoms with Gasteiger partial charge < -0.3 is 19.7 Å². The number of hydrogen-bond acceptors (Lipinski definition) is 4. The van der Waals surface area contributed by atoms with Crippen molar-refractivity contribution in [1.82, 2.24) is 29.5 Å². The molecule has 0 aliphatic carbocycles. The molecule has 2 aliphatic heterocycles. The molecule has 0 unspecified atom stereocenters. The number of nitrogens with one attached hydrogen (secondary N) is 1. The standard InChI is InChI=1S/C22H32N6O3/c1-15-17(21(30)23-20-19(15)16(2)24-25(20)3)7-8-18(29)26-11-13-28(14-12-26)22(31)27-9-5-4-6-10-27/h4-14H2,1-3H3,(H,23,30). The molecule has 0 saturated carbocycles. The quantitative estimate of drug-likeness (QED) is 0.803. The zero-order chi connectivity index (χ0) is 22.1. The Bertz CT molecular complexity index is 1040. The molecule has 9 heteroatoms. The van der Waals surface area contributed by atoms with E-state index in [-0.39, 0.29) is 23.9 Å². The number of hydrogen-bond donors (Lipinski definition) is 1. The van der Waals surface area contributed by atoms with E-state index in [2.05, 4.69) is 10.1 Å². The lowest BCUT2D eigenvalue weighted by Crippen LogP contribution is -2.54. The van der Waals surface area contributed by atoms with Crippen LogP contribution in [0.3, 0.4) is 0 Å². The van der Waals surface area contributed by atoms with Gasteiger partial charge in [0.15, 0.2) is 0 Å². The largest absolute Gasteiger partial charge is 0.339 e. The lowest BCUT2D eigenvalue weighted by atomic mass is 10.0. The summed E-state index contributed by atoms with van der Waals surface area (Å²) in [6.45, 7) is 7.77. The lowest BCUT2D eigenvalue weighted by Gasteiger charge is -2.38. The Morgan fingerprint density at radius 2 is 1.55 bits per heavy atom. The van der Waals surface area contributed by atoms with Crippen LogP contribution in [0.25, 0.3) is 11.0 Å². The molecule has 0 spiro atoms. The minimum absolute atomic E-state index is 0.0341. The molecule has 9 nitrogen and oxygen atoms in total. The second-order valence-electron chi connectivity index (χ2n) is 8.69. The Hall–Kier alpha value is -2.84. The molecule has 3 amide bonds. The smallest absolute Gasteiger partial charge is 0.320 e. The van der Waals surface area contributed by atoms with E-state index in [0.29, 0.717) is 43.8 Å². The molecule has 2 aromatic heterocycles. The van der Waals surface area contributed by atoms with E-state index in [4.69, 9.17) is 0 Å². The molecule has 2 aromatic rings. The summed E-state index contributed by atoms with van der Waals surface area (Å²) < 4.78 is 1.68. The molecule has 2 aliphatic rings. The summed E-state index contributed by atoms with van der Waals surface area (Å²) in [5.74, 6) is 0.0341. The highest BCUT2D eigenvalue weighted by Crippen LogP contribution is 2.21. The SMILES string of the molecule is Cc1nn(C)c2[nH]c(=O)c(CCC(=O)N3CCN(C(=O)N4CCCCC4)CC3)c(C)c12. The number of rotatable bonds is 3. The van der Waals surface area contributed by atoms with Gasteiger partial charge in [-0.1, -0.05) is 0 Å². The fourth-order valence-corrected chi connectivity index (χ4v) is 4.88. The van der Waals surface area contributed by atoms with Crippen molar-refractivity contribution in [2.75, 3.05) is 39.3 Å². The van der Waals surface area contributed by atoms with Crippen LogP contribution in [-0.2, 0) is 18.3 Å². The van der Waals surface area contributed by atoms with Crippen molar-refractivity contribution in [2.45, 2.75) is 46.0 Å². The molecule has 168 valence electrons. The van der Waals surface area contributed by atoms with Gasteiger partial charge in [-0.2, -0.15) is 5.10 Å². The third kappa shape index (κ3) is 4.18. The number of aromatic amines is 1. The molecular formula is C22H32N6O3. The van der Waals surface area contributed by atoms with Crippen molar-refractivity contribution < 1.29 is 9.59 Å². The molecule has 2 saturated heterocycles. The fourth-order valence-electron chi connectivity index (χ4n) is 4.88. The number of piperazine rings is 1. The van der Waals surface area contributed by atoms with E-state index in [9.17, 15) is 14.4 Å². The molecule has 0 atom stereocenters. The summed E-state index contributed by atoms with van der Waals surface area (Å²) in [6.07, 6.45) is 4.04. The number of nitrogens with zero attached hydrogens (tertiary/aromatic N) is 5. The maximum atomic E-state index is 12.8. The van der Waals surface area contributed by atoms with Crippen molar-refractivity contribution >= 4 is 23.0 Å². The van der Waals surface area contributed by atoms with Crippen LogP contribution >= 0.6 is 0 Å². The highest BCUT2D eigenvalue weighted by molar-refractivity contribution is 5.83. The molecule has 2 fully saturated rings. The first-order chi connectivity index (χ1) is 14.9. The highest BCUT2D eigenvalue weighted by atomic mass is 16.2. The van der Waals surface area contributed by atoms with Gasteiger partial charge in [0.1, 0.15) is 5.65 Å². The number of pyridine rings is 1. The summed E-state index contributed by atoms with van der Waals surface area (Å²) in [5.41, 5.74) is 2.97. The Balaban J connectivity index is 1.35. The number of fused-ring (bicyclic) bond motifs is 1. The Kier molecular flexibility index (Phi) is 6.02. The molecule has 4 rings (SSSR count). The predicted octanol–water partition coefficient (Wildman–Crippen LogP) is 1.56. The molecule has 0 aromatic carbocycles. The predicted molar refractivity (Wildman–Crippen MR) is 118 cm³/mol. The van der Waals surface area contributed by atoms with E-state index >= 15 is 0 Å². The molecule has 1 N–H and O–H groups in total. The number of piperidine rings is 1. The van der Waals surface area contributed by atoms with Gasteiger partial charge in [0, 0.05) is 63.7 Å². The van der Waals surface area contributed by atoms with Crippen LogP contribution in [0, 0.1) is 13.8 Å². The van der Waals surface area contributed by atoms with Crippen molar-refractivity contribution in [3.05, 3.63) is 27.2 Å². The average molecular weight is 429 g/mol. The monoisotopic (exact) mass is 428 g/mol. The Morgan fingerprint density at radius 3 is 2.23 bits per heavy atom. The van der Waals surface area contributed by atoms with Gasteiger partial charge in [-0.3, -0.25) is 14.3 Å². The number of carbonyl (C=O) groups is 2. The molecule has 31 heavy (non-hydrogen) atoms. The van der Waals surface area contributed by atoms with E-state index in [1.165, 1.54) is 6.42 Å². The van der Waals surface area contributed by atoms with Crippen LogP contribution in [0.15, 0.2) is 4.79 Å². The number of aromatic nitrogens is 3. The third-order valence-corrected chi connectivity index (χ3v) is 6.67. The summed E-state index contributed by atoms with van der Waals surface area (Å²) in [5, 5.41) is 5.35. The van der Waals surface area contributed by atoms with Gasteiger partial charge in [0.05, 0.1) is 5.69 Å². The van der Waals surface area contributed by atoms with Crippen LogP contribution in [0.5, 0.6) is 0 Å². The second kappa shape index (κ2) is 8.72.